The van der Waals surface area contributed by atoms with Crippen LogP contribution in [0, 0.1) is 0 Å². The van der Waals surface area contributed by atoms with Crippen LogP contribution >= 0.6 is 11.6 Å². The summed E-state index contributed by atoms with van der Waals surface area (Å²) < 4.78 is 0. The molecule has 0 radical (unpaired) electrons. The second kappa shape index (κ2) is 3.23. The highest BCUT2D eigenvalue weighted by Crippen LogP contribution is 2.30. The van der Waals surface area contributed by atoms with Crippen molar-refractivity contribution < 1.29 is 0 Å². The van der Waals surface area contributed by atoms with Gasteiger partial charge < -0.3 is 0 Å². The molecule has 0 N–H and O–H groups in total. The van der Waals surface area contributed by atoms with Gasteiger partial charge in [-0.15, -0.1) is 0 Å². The average molecular weight is 181 g/mol. The van der Waals surface area contributed by atoms with Crippen LogP contribution in [0.2, 0.25) is 5.02 Å². The van der Waals surface area contributed by atoms with Crippen molar-refractivity contribution in [3.05, 3.63) is 34.9 Å². The van der Waals surface area contributed by atoms with Gasteiger partial charge in [-0.3, -0.25) is 0 Å². The van der Waals surface area contributed by atoms with E-state index in [9.17, 15) is 0 Å². The normalized spacial score (nSPS) is 21.6. The Morgan fingerprint density at radius 2 is 2.17 bits per heavy atom. The van der Waals surface area contributed by atoms with Crippen LogP contribution < -0.4 is 0 Å². The smallest absolute Gasteiger partial charge is 0.0990 e. The molecule has 1 atom stereocenters. The minimum atomic E-state index is 0.193. The highest BCUT2D eigenvalue weighted by molar-refractivity contribution is 6.31. The maximum absolute atomic E-state index is 6.00. The van der Waals surface area contributed by atoms with E-state index in [0.717, 1.165) is 23.6 Å². The minimum Gasteiger partial charge on any atom is -0.193 e. The predicted molar refractivity (Wildman–Crippen MR) is 48.5 cm³/mol. The predicted octanol–water partition coefficient (Wildman–Crippen LogP) is 3.24. The largest absolute Gasteiger partial charge is 0.193 e. The van der Waals surface area contributed by atoms with Crippen LogP contribution in [-0.4, -0.2) is 6.54 Å². The van der Waals surface area contributed by atoms with E-state index in [-0.39, 0.29) is 6.04 Å². The molecule has 1 aliphatic rings. The molecule has 0 aromatic heterocycles. The Hall–Kier alpha value is -0.890. The van der Waals surface area contributed by atoms with Crippen LogP contribution in [-0.2, 0) is 0 Å². The fourth-order valence-corrected chi connectivity index (χ4v) is 1.62. The maximum Gasteiger partial charge on any atom is 0.0990 e. The van der Waals surface area contributed by atoms with Crippen molar-refractivity contribution in [2.75, 3.05) is 6.54 Å². The highest BCUT2D eigenvalue weighted by Gasteiger charge is 2.16. The van der Waals surface area contributed by atoms with E-state index < -0.39 is 0 Å². The second-order valence-electron chi connectivity index (χ2n) is 2.81. The Morgan fingerprint density at radius 1 is 1.33 bits per heavy atom. The van der Waals surface area contributed by atoms with Crippen LogP contribution in [0.5, 0.6) is 0 Å². The number of halogens is 1. The Morgan fingerprint density at radius 3 is 2.83 bits per heavy atom. The van der Waals surface area contributed by atoms with Gasteiger partial charge >= 0.3 is 0 Å². The summed E-state index contributed by atoms with van der Waals surface area (Å²) in [6, 6.07) is 8.01. The fraction of sp³-hybridized carbons (Fsp3) is 0.333. The topological polar surface area (TPSA) is 24.7 Å². The molecule has 2 nitrogen and oxygen atoms in total. The van der Waals surface area contributed by atoms with Crippen molar-refractivity contribution >= 4 is 11.6 Å². The molecular weight excluding hydrogens is 172 g/mol. The SMILES string of the molecule is Clc1ccccc1C1CCN=N1. The molecular formula is C9H9ClN2. The lowest BCUT2D eigenvalue weighted by Crippen LogP contribution is -1.92. The molecule has 0 spiro atoms. The van der Waals surface area contributed by atoms with Crippen LogP contribution in [0.1, 0.15) is 18.0 Å². The molecule has 0 aliphatic carbocycles. The second-order valence-corrected chi connectivity index (χ2v) is 3.21. The summed E-state index contributed by atoms with van der Waals surface area (Å²) in [5.74, 6) is 0. The molecule has 0 saturated heterocycles. The Balaban J connectivity index is 2.33. The number of hydrogen-bond donors (Lipinski definition) is 0. The first kappa shape index (κ1) is 7.74. The van der Waals surface area contributed by atoms with Crippen LogP contribution in [0.3, 0.4) is 0 Å². The summed E-state index contributed by atoms with van der Waals surface area (Å²) in [6.07, 6.45) is 0.990. The summed E-state index contributed by atoms with van der Waals surface area (Å²) >= 11 is 6.00. The van der Waals surface area contributed by atoms with E-state index in [4.69, 9.17) is 11.6 Å². The van der Waals surface area contributed by atoms with E-state index in [0.29, 0.717) is 0 Å². The Kier molecular flexibility index (Phi) is 2.09. The van der Waals surface area contributed by atoms with Crippen molar-refractivity contribution in [2.45, 2.75) is 12.5 Å². The standard InChI is InChI=1S/C9H9ClN2/c10-8-4-2-1-3-7(8)9-5-6-11-12-9/h1-4,9H,5-6H2. The van der Waals surface area contributed by atoms with Gasteiger partial charge in [-0.1, -0.05) is 29.8 Å². The zero-order valence-corrected chi connectivity index (χ0v) is 7.33. The van der Waals surface area contributed by atoms with Crippen LogP contribution in [0.25, 0.3) is 0 Å². The van der Waals surface area contributed by atoms with Gasteiger partial charge in [-0.25, -0.2) is 0 Å². The zero-order valence-electron chi connectivity index (χ0n) is 6.57. The minimum absolute atomic E-state index is 0.193. The van der Waals surface area contributed by atoms with Gasteiger partial charge in [-0.2, -0.15) is 10.2 Å². The quantitative estimate of drug-likeness (QED) is 0.634. The molecule has 1 unspecified atom stereocenters. The molecule has 1 aromatic rings. The first-order valence-corrected chi connectivity index (χ1v) is 4.37. The van der Waals surface area contributed by atoms with E-state index in [1.54, 1.807) is 0 Å². The number of rotatable bonds is 1. The lowest BCUT2D eigenvalue weighted by Gasteiger charge is -2.06. The lowest BCUT2D eigenvalue weighted by atomic mass is 10.1. The van der Waals surface area contributed by atoms with Crippen molar-refractivity contribution in [2.24, 2.45) is 10.2 Å². The van der Waals surface area contributed by atoms with Crippen molar-refractivity contribution in [3.63, 3.8) is 0 Å². The Bertz CT molecular complexity index is 309. The highest BCUT2D eigenvalue weighted by atomic mass is 35.5. The van der Waals surface area contributed by atoms with Gasteiger partial charge in [0.2, 0.25) is 0 Å². The number of benzene rings is 1. The third kappa shape index (κ3) is 1.34. The van der Waals surface area contributed by atoms with E-state index in [1.165, 1.54) is 0 Å². The summed E-state index contributed by atoms with van der Waals surface area (Å²) in [4.78, 5) is 0. The van der Waals surface area contributed by atoms with Gasteiger partial charge in [0.05, 0.1) is 12.6 Å². The first-order chi connectivity index (χ1) is 5.88. The molecule has 0 bridgehead atoms. The zero-order chi connectivity index (χ0) is 8.39. The summed E-state index contributed by atoms with van der Waals surface area (Å²) in [5.41, 5.74) is 1.10. The molecule has 1 aliphatic heterocycles. The van der Waals surface area contributed by atoms with Crippen molar-refractivity contribution in [1.29, 1.82) is 0 Å². The Labute approximate surface area is 76.3 Å². The lowest BCUT2D eigenvalue weighted by molar-refractivity contribution is 0.742. The van der Waals surface area contributed by atoms with Gasteiger partial charge in [-0.05, 0) is 18.1 Å². The molecule has 62 valence electrons. The molecule has 2 rings (SSSR count). The van der Waals surface area contributed by atoms with E-state index in [2.05, 4.69) is 10.2 Å². The molecule has 1 aromatic carbocycles. The first-order valence-electron chi connectivity index (χ1n) is 3.99. The molecule has 0 amide bonds. The van der Waals surface area contributed by atoms with Gasteiger partial charge in [0, 0.05) is 5.02 Å². The van der Waals surface area contributed by atoms with Gasteiger partial charge in [0.25, 0.3) is 0 Å². The monoisotopic (exact) mass is 180 g/mol. The fourth-order valence-electron chi connectivity index (χ4n) is 1.36. The van der Waals surface area contributed by atoms with Gasteiger partial charge in [0.15, 0.2) is 0 Å². The number of azo groups is 1. The van der Waals surface area contributed by atoms with Crippen molar-refractivity contribution in [1.82, 2.24) is 0 Å². The van der Waals surface area contributed by atoms with E-state index in [1.807, 2.05) is 24.3 Å². The van der Waals surface area contributed by atoms with Crippen LogP contribution in [0.15, 0.2) is 34.5 Å². The third-order valence-corrected chi connectivity index (χ3v) is 2.33. The summed E-state index contributed by atoms with van der Waals surface area (Å²) in [7, 11) is 0. The maximum atomic E-state index is 6.00. The third-order valence-electron chi connectivity index (χ3n) is 1.99. The molecule has 3 heteroatoms. The number of hydrogen-bond acceptors (Lipinski definition) is 2. The average Bonchev–Trinajstić information content (AvgIpc) is 2.57. The molecule has 0 saturated carbocycles. The summed E-state index contributed by atoms with van der Waals surface area (Å²) in [6.45, 7) is 0.829. The molecule has 0 fully saturated rings. The van der Waals surface area contributed by atoms with Crippen molar-refractivity contribution in [3.8, 4) is 0 Å². The summed E-state index contributed by atoms with van der Waals surface area (Å²) in [5, 5.41) is 8.85. The number of nitrogens with zero attached hydrogens (tertiary/aromatic N) is 2. The molecule has 1 heterocycles. The molecule has 12 heavy (non-hydrogen) atoms. The van der Waals surface area contributed by atoms with Crippen LogP contribution in [0.4, 0.5) is 0 Å². The van der Waals surface area contributed by atoms with E-state index >= 15 is 0 Å². The van der Waals surface area contributed by atoms with Gasteiger partial charge in [0.1, 0.15) is 0 Å².